The molecule has 1 saturated heterocycles. The van der Waals surface area contributed by atoms with Crippen molar-refractivity contribution >= 4 is 5.91 Å². The molecule has 4 heterocycles. The normalized spacial score (nSPS) is 27.1. The predicted octanol–water partition coefficient (Wildman–Crippen LogP) is 4.57. The summed E-state index contributed by atoms with van der Waals surface area (Å²) < 4.78 is 90.7. The molecule has 8 nitrogen and oxygen atoms in total. The topological polar surface area (TPSA) is 87.3 Å². The monoisotopic (exact) mass is 556 g/mol. The van der Waals surface area contributed by atoms with Gasteiger partial charge in [-0.2, -0.15) is 0 Å². The van der Waals surface area contributed by atoms with Gasteiger partial charge in [0.05, 0.1) is 6.04 Å². The zero-order valence-corrected chi connectivity index (χ0v) is 20.7. The van der Waals surface area contributed by atoms with Crippen LogP contribution in [0.15, 0.2) is 30.3 Å². The van der Waals surface area contributed by atoms with Crippen molar-refractivity contribution in [2.24, 2.45) is 5.92 Å². The van der Waals surface area contributed by atoms with Crippen molar-refractivity contribution in [3.63, 3.8) is 0 Å². The molecule has 0 unspecified atom stereocenters. The zero-order valence-electron chi connectivity index (χ0n) is 20.7. The molecular weight excluding hydrogens is 531 g/mol. The summed E-state index contributed by atoms with van der Waals surface area (Å²) in [6.07, 6.45) is -7.00. The molecule has 0 aromatic heterocycles. The summed E-state index contributed by atoms with van der Waals surface area (Å²) in [6, 6.07) is 5.81. The zero-order chi connectivity index (χ0) is 27.6. The Hall–Kier alpha value is -3.48. The van der Waals surface area contributed by atoms with Crippen molar-refractivity contribution in [1.82, 2.24) is 10.6 Å². The SMILES string of the molecule is C[C@]1(C(=O)N[C@H]2C[C@@H](C3CCNCC3)Oc3cc(OC(F)(F)F)ccc32)COc2cc3c(cc21)OC(F)(F)O3. The highest BCUT2D eigenvalue weighted by Gasteiger charge is 2.49. The third-order valence-corrected chi connectivity index (χ3v) is 7.67. The lowest BCUT2D eigenvalue weighted by Gasteiger charge is -2.39. The van der Waals surface area contributed by atoms with E-state index in [-0.39, 0.29) is 41.6 Å². The van der Waals surface area contributed by atoms with Gasteiger partial charge < -0.3 is 34.3 Å². The number of fused-ring (bicyclic) bond motifs is 3. The maximum absolute atomic E-state index is 13.7. The Bertz CT molecular complexity index is 1300. The molecule has 13 heteroatoms. The van der Waals surface area contributed by atoms with E-state index in [1.165, 1.54) is 30.3 Å². The maximum Gasteiger partial charge on any atom is 0.586 e. The van der Waals surface area contributed by atoms with Crippen LogP contribution in [-0.4, -0.2) is 44.4 Å². The Morgan fingerprint density at radius 2 is 1.77 bits per heavy atom. The summed E-state index contributed by atoms with van der Waals surface area (Å²) in [5.74, 6) is -0.693. The maximum atomic E-state index is 13.7. The molecule has 0 spiro atoms. The van der Waals surface area contributed by atoms with Crippen molar-refractivity contribution in [1.29, 1.82) is 0 Å². The standard InChI is InChI=1S/C26H25F5N2O6/c1-24(12-35-20-11-22-21(9-16(20)24)38-26(30,31)39-22)23(34)33-17-10-18(13-4-6-32-7-5-13)36-19-8-14(2-3-15(17)19)37-25(27,28)29/h2-3,8-9,11,13,17-18,32H,4-7,10,12H2,1H3,(H,33,34)/t17-,18-,24-/m0/s1. The Morgan fingerprint density at radius 1 is 1.05 bits per heavy atom. The van der Waals surface area contributed by atoms with Crippen LogP contribution in [0.4, 0.5) is 22.0 Å². The summed E-state index contributed by atoms with van der Waals surface area (Å²) >= 11 is 0. The quantitative estimate of drug-likeness (QED) is 0.534. The minimum Gasteiger partial charge on any atom is -0.492 e. The first-order valence-electron chi connectivity index (χ1n) is 12.6. The number of rotatable bonds is 4. The van der Waals surface area contributed by atoms with Crippen LogP contribution < -0.4 is 34.3 Å². The number of halogens is 5. The van der Waals surface area contributed by atoms with E-state index in [2.05, 4.69) is 24.8 Å². The molecule has 0 radical (unpaired) electrons. The van der Waals surface area contributed by atoms with Gasteiger partial charge in [-0.15, -0.1) is 22.0 Å². The largest absolute Gasteiger partial charge is 0.586 e. The van der Waals surface area contributed by atoms with Crippen LogP contribution in [0.2, 0.25) is 0 Å². The van der Waals surface area contributed by atoms with Crippen molar-refractivity contribution in [3.8, 4) is 28.7 Å². The van der Waals surface area contributed by atoms with Crippen LogP contribution in [0, 0.1) is 5.92 Å². The van der Waals surface area contributed by atoms with Crippen LogP contribution in [0.25, 0.3) is 0 Å². The van der Waals surface area contributed by atoms with Gasteiger partial charge in [0.2, 0.25) is 5.91 Å². The fraction of sp³-hybridized carbons (Fsp3) is 0.500. The molecule has 3 atom stereocenters. The van der Waals surface area contributed by atoms with Crippen LogP contribution >= 0.6 is 0 Å². The predicted molar refractivity (Wildman–Crippen MR) is 124 cm³/mol. The molecule has 1 fully saturated rings. The van der Waals surface area contributed by atoms with Gasteiger partial charge in [-0.05, 0) is 57.0 Å². The molecular formula is C26H25F5N2O6. The van der Waals surface area contributed by atoms with Crippen LogP contribution in [0.5, 0.6) is 28.7 Å². The third-order valence-electron chi connectivity index (χ3n) is 7.67. The molecule has 6 rings (SSSR count). The molecule has 2 aromatic carbocycles. The van der Waals surface area contributed by atoms with Crippen LogP contribution in [0.3, 0.4) is 0 Å². The van der Waals surface area contributed by atoms with Gasteiger partial charge >= 0.3 is 12.7 Å². The van der Waals surface area contributed by atoms with Gasteiger partial charge in [-0.1, -0.05) is 0 Å². The second-order valence-electron chi connectivity index (χ2n) is 10.3. The number of hydrogen-bond acceptors (Lipinski definition) is 7. The number of nitrogens with one attached hydrogen (secondary N) is 2. The highest BCUT2D eigenvalue weighted by molar-refractivity contribution is 5.90. The van der Waals surface area contributed by atoms with E-state index in [1.54, 1.807) is 6.92 Å². The summed E-state index contributed by atoms with van der Waals surface area (Å²) in [4.78, 5) is 13.7. The van der Waals surface area contributed by atoms with Crippen LogP contribution in [-0.2, 0) is 10.2 Å². The van der Waals surface area contributed by atoms with Gasteiger partial charge in [-0.25, -0.2) is 0 Å². The number of piperidine rings is 1. The fourth-order valence-electron chi connectivity index (χ4n) is 5.65. The van der Waals surface area contributed by atoms with Crippen molar-refractivity contribution in [3.05, 3.63) is 41.5 Å². The summed E-state index contributed by atoms with van der Waals surface area (Å²) in [7, 11) is 0. The minimum atomic E-state index is -4.87. The van der Waals surface area contributed by atoms with Crippen molar-refractivity contribution in [2.75, 3.05) is 19.7 Å². The van der Waals surface area contributed by atoms with Gasteiger partial charge in [0.25, 0.3) is 0 Å². The number of carbonyl (C=O) groups is 1. The highest BCUT2D eigenvalue weighted by atomic mass is 19.4. The van der Waals surface area contributed by atoms with Gasteiger partial charge in [0.15, 0.2) is 11.5 Å². The van der Waals surface area contributed by atoms with E-state index < -0.39 is 35.8 Å². The molecule has 2 aromatic rings. The molecule has 4 aliphatic heterocycles. The molecule has 210 valence electrons. The lowest BCUT2D eigenvalue weighted by atomic mass is 9.81. The summed E-state index contributed by atoms with van der Waals surface area (Å²) in [6.45, 7) is 3.14. The van der Waals surface area contributed by atoms with Crippen LogP contribution in [0.1, 0.15) is 43.4 Å². The molecule has 0 saturated carbocycles. The Morgan fingerprint density at radius 3 is 2.49 bits per heavy atom. The Balaban J connectivity index is 1.28. The average Bonchev–Trinajstić information content (AvgIpc) is 3.36. The summed E-state index contributed by atoms with van der Waals surface area (Å²) in [5, 5.41) is 6.30. The first-order chi connectivity index (χ1) is 18.4. The first-order valence-corrected chi connectivity index (χ1v) is 12.6. The molecule has 0 aliphatic carbocycles. The lowest BCUT2D eigenvalue weighted by molar-refractivity contribution is -0.286. The lowest BCUT2D eigenvalue weighted by Crippen LogP contribution is -2.48. The van der Waals surface area contributed by atoms with Gasteiger partial charge in [0, 0.05) is 29.7 Å². The Kier molecular flexibility index (Phi) is 5.97. The highest BCUT2D eigenvalue weighted by Crippen LogP contribution is 2.50. The Labute approximate surface area is 219 Å². The molecule has 0 bridgehead atoms. The number of amides is 1. The minimum absolute atomic E-state index is 0.0559. The molecule has 1 amide bonds. The van der Waals surface area contributed by atoms with Crippen molar-refractivity contribution in [2.45, 2.75) is 56.4 Å². The van der Waals surface area contributed by atoms with E-state index in [0.717, 1.165) is 25.9 Å². The second kappa shape index (κ2) is 9.04. The number of benzene rings is 2. The van der Waals surface area contributed by atoms with E-state index >= 15 is 0 Å². The molecule has 2 N–H and O–H groups in total. The summed E-state index contributed by atoms with van der Waals surface area (Å²) in [5.41, 5.74) is -0.388. The van der Waals surface area contributed by atoms with E-state index in [4.69, 9.17) is 9.47 Å². The fourth-order valence-corrected chi connectivity index (χ4v) is 5.65. The van der Waals surface area contributed by atoms with Gasteiger partial charge in [0.1, 0.15) is 35.4 Å². The average molecular weight is 556 g/mol. The second-order valence-corrected chi connectivity index (χ2v) is 10.3. The number of hydrogen-bond donors (Lipinski definition) is 2. The van der Waals surface area contributed by atoms with E-state index in [1.807, 2.05) is 0 Å². The first kappa shape index (κ1) is 25.8. The van der Waals surface area contributed by atoms with Crippen molar-refractivity contribution < 1.29 is 50.4 Å². The number of ether oxygens (including phenoxy) is 5. The molecule has 39 heavy (non-hydrogen) atoms. The van der Waals surface area contributed by atoms with E-state index in [9.17, 15) is 26.7 Å². The van der Waals surface area contributed by atoms with Gasteiger partial charge in [-0.3, -0.25) is 4.79 Å². The number of alkyl halides is 5. The van der Waals surface area contributed by atoms with E-state index in [0.29, 0.717) is 17.5 Å². The molecule has 4 aliphatic rings. The third kappa shape index (κ3) is 4.88. The number of carbonyl (C=O) groups excluding carboxylic acids is 1. The smallest absolute Gasteiger partial charge is 0.492 e.